The van der Waals surface area contributed by atoms with E-state index in [9.17, 15) is 12.8 Å². The maximum Gasteiger partial charge on any atom is 0.257 e. The van der Waals surface area contributed by atoms with Crippen LogP contribution in [-0.2, 0) is 10.0 Å². The average Bonchev–Trinajstić information content (AvgIpc) is 2.46. The number of anilines is 1. The van der Waals surface area contributed by atoms with E-state index < -0.39 is 15.8 Å². The van der Waals surface area contributed by atoms with Crippen LogP contribution >= 0.6 is 12.2 Å². The van der Waals surface area contributed by atoms with Crippen molar-refractivity contribution in [1.82, 2.24) is 4.83 Å². The van der Waals surface area contributed by atoms with Crippen LogP contribution in [0.3, 0.4) is 0 Å². The summed E-state index contributed by atoms with van der Waals surface area (Å²) in [7, 11) is -3.86. The number of hydrogen-bond acceptors (Lipinski definition) is 3. The number of hydrogen-bond donors (Lipinski definition) is 2. The molecule has 0 fully saturated rings. The summed E-state index contributed by atoms with van der Waals surface area (Å²) >= 11 is 4.85. The van der Waals surface area contributed by atoms with Crippen LogP contribution in [0, 0.1) is 12.7 Å². The van der Waals surface area contributed by atoms with E-state index in [4.69, 9.17) is 18.0 Å². The van der Waals surface area contributed by atoms with E-state index in [0.29, 0.717) is 5.69 Å². The molecule has 0 heterocycles. The van der Waals surface area contributed by atoms with Crippen molar-refractivity contribution >= 4 is 33.0 Å². The lowest BCUT2D eigenvalue weighted by Crippen LogP contribution is -2.48. The predicted molar refractivity (Wildman–Crippen MR) is 87.2 cm³/mol. The first-order valence-electron chi connectivity index (χ1n) is 6.24. The Morgan fingerprint density at radius 3 is 2.18 bits per heavy atom. The Balaban J connectivity index is 2.33. The first-order chi connectivity index (χ1) is 10.3. The SMILES string of the molecule is Cc1ccc(S(=O)(=O)NN(C(N)=S)c2ccc(F)cc2)cc1. The lowest BCUT2D eigenvalue weighted by Gasteiger charge is -2.23. The third-order valence-electron chi connectivity index (χ3n) is 2.85. The second-order valence-corrected chi connectivity index (χ2v) is 6.64. The van der Waals surface area contributed by atoms with Crippen molar-refractivity contribution in [2.75, 3.05) is 5.01 Å². The zero-order valence-corrected chi connectivity index (χ0v) is 13.3. The number of halogens is 1. The Morgan fingerprint density at radius 1 is 1.14 bits per heavy atom. The standard InChI is InChI=1S/C14H14FN3O2S2/c1-10-2-8-13(9-3-10)22(19,20)17-18(14(16)21)12-6-4-11(15)5-7-12/h2-9,17H,1H3,(H2,16,21). The van der Waals surface area contributed by atoms with Gasteiger partial charge in [-0.25, -0.2) is 17.8 Å². The molecule has 0 unspecified atom stereocenters. The highest BCUT2D eigenvalue weighted by molar-refractivity contribution is 7.89. The summed E-state index contributed by atoms with van der Waals surface area (Å²) in [6.07, 6.45) is 0. The number of nitrogens with two attached hydrogens (primary N) is 1. The lowest BCUT2D eigenvalue weighted by atomic mass is 10.2. The summed E-state index contributed by atoms with van der Waals surface area (Å²) in [5, 5.41) is 0.798. The molecule has 22 heavy (non-hydrogen) atoms. The second-order valence-electron chi connectivity index (χ2n) is 4.56. The molecule has 0 aromatic heterocycles. The number of hydrazine groups is 1. The van der Waals surface area contributed by atoms with Gasteiger partial charge in [0.2, 0.25) is 0 Å². The summed E-state index contributed by atoms with van der Waals surface area (Å²) in [4.78, 5) is 2.35. The fraction of sp³-hybridized carbons (Fsp3) is 0.0714. The summed E-state index contributed by atoms with van der Waals surface area (Å²) in [5.41, 5.74) is 6.80. The van der Waals surface area contributed by atoms with Crippen molar-refractivity contribution in [3.8, 4) is 0 Å². The van der Waals surface area contributed by atoms with Gasteiger partial charge in [-0.2, -0.15) is 0 Å². The van der Waals surface area contributed by atoms with Crippen LogP contribution in [0.5, 0.6) is 0 Å². The topological polar surface area (TPSA) is 75.4 Å². The van der Waals surface area contributed by atoms with Crippen LogP contribution in [0.4, 0.5) is 10.1 Å². The van der Waals surface area contributed by atoms with Crippen molar-refractivity contribution in [1.29, 1.82) is 0 Å². The molecule has 0 aliphatic rings. The lowest BCUT2D eigenvalue weighted by molar-refractivity contribution is 0.583. The van der Waals surface area contributed by atoms with Gasteiger partial charge in [-0.15, -0.1) is 4.83 Å². The van der Waals surface area contributed by atoms with E-state index >= 15 is 0 Å². The van der Waals surface area contributed by atoms with Crippen molar-refractivity contribution in [3.05, 3.63) is 59.9 Å². The van der Waals surface area contributed by atoms with Gasteiger partial charge in [-0.05, 0) is 55.5 Å². The number of nitrogens with zero attached hydrogens (tertiary/aromatic N) is 1. The molecule has 0 amide bonds. The van der Waals surface area contributed by atoms with Gasteiger partial charge in [0.15, 0.2) is 5.11 Å². The molecular formula is C14H14FN3O2S2. The zero-order chi connectivity index (χ0) is 16.3. The Kier molecular flexibility index (Phi) is 4.74. The normalized spacial score (nSPS) is 11.2. The van der Waals surface area contributed by atoms with E-state index in [2.05, 4.69) is 4.83 Å². The molecule has 8 heteroatoms. The van der Waals surface area contributed by atoms with Gasteiger partial charge in [-0.3, -0.25) is 0 Å². The predicted octanol–water partition coefficient (Wildman–Crippen LogP) is 2.08. The van der Waals surface area contributed by atoms with Gasteiger partial charge in [0.1, 0.15) is 5.82 Å². The maximum atomic E-state index is 13.0. The minimum Gasteiger partial charge on any atom is -0.375 e. The maximum absolute atomic E-state index is 13.0. The Morgan fingerprint density at radius 2 is 1.68 bits per heavy atom. The van der Waals surface area contributed by atoms with Crippen molar-refractivity contribution in [2.45, 2.75) is 11.8 Å². The van der Waals surface area contributed by atoms with Crippen LogP contribution in [0.25, 0.3) is 0 Å². The number of thiocarbonyl (C=S) groups is 1. The van der Waals surface area contributed by atoms with Gasteiger partial charge in [0.25, 0.3) is 10.0 Å². The van der Waals surface area contributed by atoms with Crippen molar-refractivity contribution in [2.24, 2.45) is 5.73 Å². The number of sulfonamides is 1. The Bertz CT molecular complexity index is 775. The fourth-order valence-electron chi connectivity index (χ4n) is 1.71. The smallest absolute Gasteiger partial charge is 0.257 e. The third-order valence-corrected chi connectivity index (χ3v) is 4.35. The van der Waals surface area contributed by atoms with Crippen LogP contribution in [-0.4, -0.2) is 13.5 Å². The molecule has 0 atom stereocenters. The fourth-order valence-corrected chi connectivity index (χ4v) is 2.96. The molecule has 0 saturated heterocycles. The van der Waals surface area contributed by atoms with Crippen LogP contribution in [0.2, 0.25) is 0 Å². The molecule has 0 aliphatic carbocycles. The van der Waals surface area contributed by atoms with E-state index in [1.807, 2.05) is 6.92 Å². The molecule has 116 valence electrons. The highest BCUT2D eigenvalue weighted by Crippen LogP contribution is 2.16. The Labute approximate surface area is 133 Å². The summed E-state index contributed by atoms with van der Waals surface area (Å²) in [6, 6.07) is 11.4. The molecule has 2 aromatic rings. The van der Waals surface area contributed by atoms with Crippen LogP contribution in [0.1, 0.15) is 5.56 Å². The first-order valence-corrected chi connectivity index (χ1v) is 8.13. The average molecular weight is 339 g/mol. The monoisotopic (exact) mass is 339 g/mol. The van der Waals surface area contributed by atoms with E-state index in [1.54, 1.807) is 12.1 Å². The summed E-state index contributed by atoms with van der Waals surface area (Å²) in [5.74, 6) is -0.451. The second kappa shape index (κ2) is 6.39. The molecule has 0 radical (unpaired) electrons. The minimum atomic E-state index is -3.86. The van der Waals surface area contributed by atoms with Crippen LogP contribution < -0.4 is 15.6 Å². The molecule has 0 aliphatic heterocycles. The molecule has 0 spiro atoms. The molecule has 2 rings (SSSR count). The van der Waals surface area contributed by atoms with Gasteiger partial charge in [-0.1, -0.05) is 17.7 Å². The van der Waals surface area contributed by atoms with Gasteiger partial charge >= 0.3 is 0 Å². The zero-order valence-electron chi connectivity index (χ0n) is 11.7. The van der Waals surface area contributed by atoms with E-state index in [0.717, 1.165) is 10.6 Å². The molecule has 2 aromatic carbocycles. The molecule has 0 bridgehead atoms. The number of nitrogens with one attached hydrogen (secondary N) is 1. The van der Waals surface area contributed by atoms with Crippen molar-refractivity contribution < 1.29 is 12.8 Å². The molecule has 0 saturated carbocycles. The number of aryl methyl sites for hydroxylation is 1. The molecular weight excluding hydrogens is 325 g/mol. The molecule has 5 nitrogen and oxygen atoms in total. The Hall–Kier alpha value is -2.03. The van der Waals surface area contributed by atoms with E-state index in [-0.39, 0.29) is 10.0 Å². The largest absolute Gasteiger partial charge is 0.375 e. The third kappa shape index (κ3) is 3.79. The summed E-state index contributed by atoms with van der Waals surface area (Å²) in [6.45, 7) is 1.85. The highest BCUT2D eigenvalue weighted by Gasteiger charge is 2.20. The van der Waals surface area contributed by atoms with Gasteiger partial charge < -0.3 is 5.73 Å². The van der Waals surface area contributed by atoms with Crippen LogP contribution in [0.15, 0.2) is 53.4 Å². The molecule has 3 N–H and O–H groups in total. The van der Waals surface area contributed by atoms with Crippen molar-refractivity contribution in [3.63, 3.8) is 0 Å². The summed E-state index contributed by atoms with van der Waals surface area (Å²) < 4.78 is 37.7. The first kappa shape index (κ1) is 16.3. The van der Waals surface area contributed by atoms with Gasteiger partial charge in [0, 0.05) is 0 Å². The van der Waals surface area contributed by atoms with Gasteiger partial charge in [0.05, 0.1) is 10.6 Å². The number of benzene rings is 2. The van der Waals surface area contributed by atoms with E-state index in [1.165, 1.54) is 36.4 Å². The highest BCUT2D eigenvalue weighted by atomic mass is 32.2. The number of rotatable bonds is 4. The minimum absolute atomic E-state index is 0.0708. The quantitative estimate of drug-likeness (QED) is 0.659.